The summed E-state index contributed by atoms with van der Waals surface area (Å²) in [6, 6.07) is 8.67. The average molecular weight is 356 g/mol. The van der Waals surface area contributed by atoms with E-state index in [1.807, 2.05) is 24.3 Å². The summed E-state index contributed by atoms with van der Waals surface area (Å²) < 4.78 is 5.79. The first-order valence-corrected chi connectivity index (χ1v) is 9.48. The Morgan fingerprint density at radius 2 is 1.96 bits per heavy atom. The highest BCUT2D eigenvalue weighted by Crippen LogP contribution is 2.31. The van der Waals surface area contributed by atoms with Crippen molar-refractivity contribution < 1.29 is 9.53 Å². The van der Waals surface area contributed by atoms with Crippen LogP contribution < -0.4 is 5.32 Å². The molecule has 26 heavy (non-hydrogen) atoms. The molecule has 0 radical (unpaired) electrons. The monoisotopic (exact) mass is 356 g/mol. The first-order valence-electron chi connectivity index (χ1n) is 9.48. The van der Waals surface area contributed by atoms with Crippen LogP contribution in [0.5, 0.6) is 0 Å². The minimum absolute atomic E-state index is 0.0873. The number of para-hydroxylation sites is 1. The topological polar surface area (TPSA) is 70.2 Å². The van der Waals surface area contributed by atoms with Gasteiger partial charge in [-0.2, -0.15) is 5.10 Å². The molecule has 2 N–H and O–H groups in total. The number of H-pyrrole nitrogens is 1. The van der Waals surface area contributed by atoms with E-state index in [0.717, 1.165) is 43.5 Å². The van der Waals surface area contributed by atoms with Crippen molar-refractivity contribution in [3.63, 3.8) is 0 Å². The van der Waals surface area contributed by atoms with Crippen LogP contribution in [0.4, 0.5) is 0 Å². The van der Waals surface area contributed by atoms with Crippen molar-refractivity contribution in [2.24, 2.45) is 5.41 Å². The van der Waals surface area contributed by atoms with E-state index in [4.69, 9.17) is 4.74 Å². The molecule has 0 saturated carbocycles. The number of fused-ring (bicyclic) bond motifs is 3. The minimum Gasteiger partial charge on any atom is -0.378 e. The quantitative estimate of drug-likeness (QED) is 0.887. The Morgan fingerprint density at radius 1 is 1.27 bits per heavy atom. The minimum atomic E-state index is -0.0873. The van der Waals surface area contributed by atoms with Crippen molar-refractivity contribution in [1.82, 2.24) is 20.4 Å². The van der Waals surface area contributed by atoms with Crippen LogP contribution in [0.2, 0.25) is 0 Å². The van der Waals surface area contributed by atoms with E-state index in [1.165, 1.54) is 0 Å². The van der Waals surface area contributed by atoms with Crippen LogP contribution in [0, 0.1) is 5.41 Å². The summed E-state index contributed by atoms with van der Waals surface area (Å²) in [5.41, 5.74) is 1.64. The normalized spacial score (nSPS) is 26.8. The van der Waals surface area contributed by atoms with Crippen LogP contribution in [0.1, 0.15) is 44.1 Å². The van der Waals surface area contributed by atoms with Gasteiger partial charge in [0, 0.05) is 30.1 Å². The Morgan fingerprint density at radius 3 is 2.65 bits per heavy atom. The number of rotatable bonds is 3. The number of aromatic amines is 1. The number of aromatic nitrogens is 2. The van der Waals surface area contributed by atoms with Crippen molar-refractivity contribution in [3.05, 3.63) is 30.0 Å². The van der Waals surface area contributed by atoms with E-state index >= 15 is 0 Å². The number of hydrogen-bond donors (Lipinski definition) is 2. The molecule has 3 atom stereocenters. The molecule has 140 valence electrons. The Bertz CT molecular complexity index is 780. The van der Waals surface area contributed by atoms with E-state index in [-0.39, 0.29) is 17.4 Å². The van der Waals surface area contributed by atoms with E-state index < -0.39 is 0 Å². The van der Waals surface area contributed by atoms with Gasteiger partial charge in [-0.1, -0.05) is 39.0 Å². The average Bonchev–Trinajstić information content (AvgIpc) is 2.98. The van der Waals surface area contributed by atoms with Gasteiger partial charge in [0.1, 0.15) is 0 Å². The van der Waals surface area contributed by atoms with E-state index in [0.29, 0.717) is 17.8 Å². The maximum atomic E-state index is 12.8. The zero-order valence-corrected chi connectivity index (χ0v) is 15.8. The molecule has 2 aliphatic rings. The number of ether oxygens (including phenoxy) is 1. The third-order valence-corrected chi connectivity index (χ3v) is 5.35. The summed E-state index contributed by atoms with van der Waals surface area (Å²) in [6.45, 7) is 9.41. The van der Waals surface area contributed by atoms with Gasteiger partial charge in [0.15, 0.2) is 5.69 Å². The van der Waals surface area contributed by atoms with Gasteiger partial charge in [0.25, 0.3) is 5.91 Å². The van der Waals surface area contributed by atoms with Gasteiger partial charge in [-0.25, -0.2) is 0 Å². The molecular weight excluding hydrogens is 328 g/mol. The highest BCUT2D eigenvalue weighted by atomic mass is 16.5. The fourth-order valence-corrected chi connectivity index (χ4v) is 4.30. The molecule has 6 heteroatoms. The highest BCUT2D eigenvalue weighted by Gasteiger charge is 2.40. The van der Waals surface area contributed by atoms with Gasteiger partial charge in [-0.15, -0.1) is 0 Å². The molecule has 3 heterocycles. The van der Waals surface area contributed by atoms with Crippen molar-refractivity contribution in [2.45, 2.75) is 51.7 Å². The van der Waals surface area contributed by atoms with Crippen LogP contribution >= 0.6 is 0 Å². The molecule has 2 fully saturated rings. The first kappa shape index (κ1) is 17.5. The van der Waals surface area contributed by atoms with Crippen LogP contribution in [-0.2, 0) is 4.74 Å². The Balaban J connectivity index is 1.46. The Kier molecular flexibility index (Phi) is 4.49. The maximum absolute atomic E-state index is 12.8. The summed E-state index contributed by atoms with van der Waals surface area (Å²) in [4.78, 5) is 15.4. The molecule has 6 nitrogen and oxygen atoms in total. The number of benzene rings is 1. The number of morpholine rings is 1. The predicted molar refractivity (Wildman–Crippen MR) is 101 cm³/mol. The maximum Gasteiger partial charge on any atom is 0.272 e. The number of carbonyl (C=O) groups excluding carboxylic acids is 1. The molecule has 0 aliphatic carbocycles. The lowest BCUT2D eigenvalue weighted by molar-refractivity contribution is -0.0907. The molecule has 2 aliphatic heterocycles. The largest absolute Gasteiger partial charge is 0.378 e. The lowest BCUT2D eigenvalue weighted by atomic mass is 9.86. The van der Waals surface area contributed by atoms with Crippen LogP contribution in [-0.4, -0.2) is 58.9 Å². The molecule has 2 saturated heterocycles. The summed E-state index contributed by atoms with van der Waals surface area (Å²) in [5.74, 6) is -0.0873. The van der Waals surface area contributed by atoms with Crippen LogP contribution in [0.25, 0.3) is 10.9 Å². The van der Waals surface area contributed by atoms with Gasteiger partial charge in [-0.05, 0) is 24.3 Å². The highest BCUT2D eigenvalue weighted by molar-refractivity contribution is 6.04. The van der Waals surface area contributed by atoms with Crippen LogP contribution in [0.15, 0.2) is 24.3 Å². The summed E-state index contributed by atoms with van der Waals surface area (Å²) in [5, 5.41) is 11.3. The van der Waals surface area contributed by atoms with Crippen molar-refractivity contribution in [1.29, 1.82) is 0 Å². The van der Waals surface area contributed by atoms with E-state index in [9.17, 15) is 4.79 Å². The summed E-state index contributed by atoms with van der Waals surface area (Å²) in [6.07, 6.45) is 1.86. The zero-order chi connectivity index (χ0) is 18.3. The number of piperidine rings is 1. The number of amides is 1. The lowest BCUT2D eigenvalue weighted by Gasteiger charge is -2.50. The van der Waals surface area contributed by atoms with Gasteiger partial charge in [-0.3, -0.25) is 14.8 Å². The molecule has 1 aromatic heterocycles. The number of hydrogen-bond acceptors (Lipinski definition) is 4. The van der Waals surface area contributed by atoms with Crippen molar-refractivity contribution in [3.8, 4) is 0 Å². The second-order valence-corrected chi connectivity index (χ2v) is 8.84. The molecule has 0 spiro atoms. The van der Waals surface area contributed by atoms with Crippen molar-refractivity contribution in [2.75, 3.05) is 19.8 Å². The van der Waals surface area contributed by atoms with E-state index in [2.05, 4.69) is 41.2 Å². The van der Waals surface area contributed by atoms with Gasteiger partial charge in [0.2, 0.25) is 0 Å². The molecule has 4 rings (SSSR count). The fraction of sp³-hybridized carbons (Fsp3) is 0.600. The molecule has 0 unspecified atom stereocenters. The Hall–Kier alpha value is -1.92. The standard InChI is InChI=1S/C20H28N4O2/c1-20(2,3)12-24-14-8-13(9-15(24)11-26-10-14)21-19(25)18-16-6-4-5-7-17(16)22-23-18/h4-7,13-15H,8-12H2,1-3H3,(H,21,25)(H,22,23)/t13-,14-,15+. The Labute approximate surface area is 154 Å². The van der Waals surface area contributed by atoms with Gasteiger partial charge < -0.3 is 10.1 Å². The SMILES string of the molecule is CC(C)(C)CN1[C@@H]2COC[C@H]1C[C@@H](NC(=O)c1n[nH]c3ccccc13)C2. The number of carbonyl (C=O) groups is 1. The van der Waals surface area contributed by atoms with E-state index in [1.54, 1.807) is 0 Å². The van der Waals surface area contributed by atoms with Gasteiger partial charge >= 0.3 is 0 Å². The smallest absolute Gasteiger partial charge is 0.272 e. The summed E-state index contributed by atoms with van der Waals surface area (Å²) >= 11 is 0. The third kappa shape index (κ3) is 3.48. The number of nitrogens with one attached hydrogen (secondary N) is 2. The fourth-order valence-electron chi connectivity index (χ4n) is 4.30. The van der Waals surface area contributed by atoms with Gasteiger partial charge in [0.05, 0.1) is 18.7 Å². The summed E-state index contributed by atoms with van der Waals surface area (Å²) in [7, 11) is 0. The molecule has 2 bridgehead atoms. The second kappa shape index (κ2) is 6.67. The zero-order valence-electron chi connectivity index (χ0n) is 15.8. The van der Waals surface area contributed by atoms with Crippen LogP contribution in [0.3, 0.4) is 0 Å². The predicted octanol–water partition coefficient (Wildman–Crippen LogP) is 2.57. The molecule has 1 aromatic carbocycles. The lowest BCUT2D eigenvalue weighted by Crippen LogP contribution is -2.62. The second-order valence-electron chi connectivity index (χ2n) is 8.84. The number of nitrogens with zero attached hydrogens (tertiary/aromatic N) is 2. The molecular formula is C20H28N4O2. The molecule has 1 amide bonds. The van der Waals surface area contributed by atoms with Crippen molar-refractivity contribution >= 4 is 16.8 Å². The molecule has 2 aromatic rings. The third-order valence-electron chi connectivity index (χ3n) is 5.35. The first-order chi connectivity index (χ1) is 12.4.